The van der Waals surface area contributed by atoms with E-state index >= 15 is 0 Å². The number of halogens is 4. The number of alkyl halides is 3. The Labute approximate surface area is 379 Å². The fourth-order valence-electron chi connectivity index (χ4n) is 10.2. The van der Waals surface area contributed by atoms with E-state index in [1.807, 2.05) is 54.3 Å². The van der Waals surface area contributed by atoms with Crippen molar-refractivity contribution in [2.75, 3.05) is 33.3 Å². The number of rotatable bonds is 12. The lowest BCUT2D eigenvalue weighted by Gasteiger charge is -2.25. The van der Waals surface area contributed by atoms with Gasteiger partial charge in [0.25, 0.3) is 0 Å². The number of amides is 1. The topological polar surface area (TPSA) is 157 Å². The number of ether oxygens (including phenoxy) is 3. The molecule has 0 unspecified atom stereocenters. The lowest BCUT2D eigenvalue weighted by Crippen LogP contribution is -2.42. The molecule has 13 nitrogen and oxygen atoms in total. The maximum Gasteiger partial charge on any atom is 0.573 e. The number of pyridine rings is 1. The number of aromatic nitrogens is 2. The summed E-state index contributed by atoms with van der Waals surface area (Å²) in [7, 11) is -2.25. The van der Waals surface area contributed by atoms with Crippen LogP contribution in [0, 0.1) is 12.8 Å². The number of carbonyl (C=O) groups is 1. The summed E-state index contributed by atoms with van der Waals surface area (Å²) in [5, 5.41) is 10.4. The van der Waals surface area contributed by atoms with E-state index in [1.165, 1.54) is 0 Å². The van der Waals surface area contributed by atoms with Crippen LogP contribution in [0.15, 0.2) is 52.9 Å². The van der Waals surface area contributed by atoms with Crippen molar-refractivity contribution >= 4 is 38.6 Å². The predicted octanol–water partition coefficient (Wildman–Crippen LogP) is 8.37. The fourth-order valence-corrected chi connectivity index (χ4v) is 11.8. The highest BCUT2D eigenvalue weighted by molar-refractivity contribution is 7.91. The van der Waals surface area contributed by atoms with Crippen LogP contribution in [0.1, 0.15) is 91.0 Å². The minimum atomic E-state index is -5.01. The van der Waals surface area contributed by atoms with Crippen LogP contribution in [0.2, 0.25) is 5.02 Å². The molecule has 10 rings (SSSR count). The molecule has 1 saturated carbocycles. The van der Waals surface area contributed by atoms with Crippen LogP contribution in [0.4, 0.5) is 13.2 Å². The van der Waals surface area contributed by atoms with Crippen LogP contribution < -0.4 is 18.9 Å². The third-order valence-electron chi connectivity index (χ3n) is 14.0. The molecule has 1 amide bonds. The van der Waals surface area contributed by atoms with Gasteiger partial charge in [-0.05, 0) is 123 Å². The van der Waals surface area contributed by atoms with Crippen molar-refractivity contribution in [2.24, 2.45) is 5.92 Å². The Kier molecular flexibility index (Phi) is 11.1. The average molecular weight is 936 g/mol. The number of methoxy groups -OCH3 is 1. The molecule has 5 aromatic rings. The summed E-state index contributed by atoms with van der Waals surface area (Å²) in [5.41, 5.74) is 7.27. The summed E-state index contributed by atoms with van der Waals surface area (Å²) in [5.74, 6) is -0.737. The van der Waals surface area contributed by atoms with Gasteiger partial charge in [-0.3, -0.25) is 19.3 Å². The van der Waals surface area contributed by atoms with Crippen molar-refractivity contribution in [2.45, 2.75) is 101 Å². The third-order valence-corrected chi connectivity index (χ3v) is 16.5. The number of oxazole rings is 1. The average Bonchev–Trinajstić information content (AvgIpc) is 3.87. The number of likely N-dealkylation sites (tertiary alicyclic amines) is 2. The largest absolute Gasteiger partial charge is 0.573 e. The molecule has 0 bridgehead atoms. The summed E-state index contributed by atoms with van der Waals surface area (Å²) >= 11 is 6.76. The highest BCUT2D eigenvalue weighted by Crippen LogP contribution is 2.49. The molecule has 0 spiro atoms. The SMILES string of the molecule is COc1nc(O[C@H]2CCc3c(-c4cccc(-c5nc6cc7c(c(OC(F)(F)F)c6o5)CC[C@H]7N5CC[C@@H](C(=O)NS(=O)(=O)C6(C)CC6)C5)c4C)cccc32)c(Cl)cc1CN1CC[C@@H](O)C1. The van der Waals surface area contributed by atoms with Crippen molar-refractivity contribution in [1.82, 2.24) is 24.5 Å². The third kappa shape index (κ3) is 8.21. The fraction of sp³-hybridized carbons (Fsp3) is 0.468. The molecule has 18 heteroatoms. The minimum Gasteiger partial charge on any atom is -0.481 e. The quantitative estimate of drug-likeness (QED) is 0.123. The van der Waals surface area contributed by atoms with E-state index in [9.17, 15) is 31.5 Å². The van der Waals surface area contributed by atoms with Gasteiger partial charge in [-0.1, -0.05) is 41.9 Å². The molecule has 3 aliphatic carbocycles. The summed E-state index contributed by atoms with van der Waals surface area (Å²) in [4.78, 5) is 26.7. The molecule has 2 aromatic heterocycles. The first-order chi connectivity index (χ1) is 31.0. The molecule has 2 saturated heterocycles. The molecule has 5 aliphatic rings. The molecular formula is C47H49ClF3N5O8S. The van der Waals surface area contributed by atoms with E-state index in [1.54, 1.807) is 20.1 Å². The van der Waals surface area contributed by atoms with Crippen LogP contribution in [-0.4, -0.2) is 89.7 Å². The van der Waals surface area contributed by atoms with Gasteiger partial charge in [-0.25, -0.2) is 13.4 Å². The van der Waals surface area contributed by atoms with Crippen LogP contribution in [0.3, 0.4) is 0 Å². The molecule has 3 fully saturated rings. The van der Waals surface area contributed by atoms with Gasteiger partial charge < -0.3 is 23.7 Å². The molecule has 2 aliphatic heterocycles. The van der Waals surface area contributed by atoms with Crippen molar-refractivity contribution in [1.29, 1.82) is 0 Å². The van der Waals surface area contributed by atoms with Gasteiger partial charge in [0.1, 0.15) is 16.6 Å². The maximum absolute atomic E-state index is 14.1. The standard InChI is InChI=1S/C47H49ClF3N5O8S/c1-25-29(31-8-5-9-33-32(31)11-13-39(33)62-45-36(48)20-27(43(53-45)61-3)22-55-18-15-28(57)24-55)6-4-7-30(25)44-52-37-21-35-34(40(41(37)63-44)64-47(49,50)51)10-12-38(35)56-19-14-26(23-56)42(58)54-65(59,60)46(2)16-17-46/h4-9,20-21,26,28,38-39,57H,10-19,22-24H2,1-3H3,(H,54,58)/t26-,28-,38-,39+/m1/s1. The first kappa shape index (κ1) is 43.9. The Morgan fingerprint density at radius 3 is 2.46 bits per heavy atom. The van der Waals surface area contributed by atoms with E-state index in [4.69, 9.17) is 35.2 Å². The predicted molar refractivity (Wildman–Crippen MR) is 235 cm³/mol. The van der Waals surface area contributed by atoms with Crippen LogP contribution >= 0.6 is 11.6 Å². The van der Waals surface area contributed by atoms with Crippen molar-refractivity contribution < 1.29 is 50.1 Å². The number of carbonyl (C=O) groups excluding carboxylic acids is 1. The summed E-state index contributed by atoms with van der Waals surface area (Å²) in [6, 6.07) is 15.0. The number of nitrogens with zero attached hydrogens (tertiary/aromatic N) is 4. The second kappa shape index (κ2) is 16.4. The molecule has 344 valence electrons. The van der Waals surface area contributed by atoms with Gasteiger partial charge in [0, 0.05) is 48.9 Å². The zero-order chi connectivity index (χ0) is 45.6. The van der Waals surface area contributed by atoms with E-state index < -0.39 is 38.7 Å². The van der Waals surface area contributed by atoms with E-state index in [-0.39, 0.29) is 54.1 Å². The van der Waals surface area contributed by atoms with Crippen LogP contribution in [-0.2, 0) is 34.2 Å². The van der Waals surface area contributed by atoms with Gasteiger partial charge in [0.2, 0.25) is 33.6 Å². The van der Waals surface area contributed by atoms with Crippen molar-refractivity contribution in [3.63, 3.8) is 0 Å². The molecule has 2 N–H and O–H groups in total. The Balaban J connectivity index is 0.920. The Morgan fingerprint density at radius 2 is 1.72 bits per heavy atom. The number of hydrogen-bond donors (Lipinski definition) is 2. The van der Waals surface area contributed by atoms with Gasteiger partial charge in [-0.15, -0.1) is 13.2 Å². The van der Waals surface area contributed by atoms with E-state index in [0.717, 1.165) is 39.9 Å². The van der Waals surface area contributed by atoms with Gasteiger partial charge in [0.05, 0.1) is 23.9 Å². The van der Waals surface area contributed by atoms with Crippen molar-refractivity contribution in [3.05, 3.63) is 86.9 Å². The molecule has 4 atom stereocenters. The molecule has 65 heavy (non-hydrogen) atoms. The number of hydrogen-bond acceptors (Lipinski definition) is 12. The smallest absolute Gasteiger partial charge is 0.481 e. The molecule has 4 heterocycles. The van der Waals surface area contributed by atoms with Crippen LogP contribution in [0.25, 0.3) is 33.7 Å². The summed E-state index contributed by atoms with van der Waals surface area (Å²) in [6.07, 6.45) is -1.43. The lowest BCUT2D eigenvalue weighted by atomic mass is 9.91. The second-order valence-electron chi connectivity index (χ2n) is 18.3. The monoisotopic (exact) mass is 935 g/mol. The molecular weight excluding hydrogens is 887 g/mol. The number of nitrogens with one attached hydrogen (secondary N) is 1. The summed E-state index contributed by atoms with van der Waals surface area (Å²) < 4.78 is 92.4. The lowest BCUT2D eigenvalue weighted by molar-refractivity contribution is -0.274. The van der Waals surface area contributed by atoms with Crippen LogP contribution in [0.5, 0.6) is 17.5 Å². The zero-order valence-electron chi connectivity index (χ0n) is 36.1. The number of aliphatic hydroxyl groups is 1. The van der Waals surface area contributed by atoms with Gasteiger partial charge in [0.15, 0.2) is 11.3 Å². The molecule has 0 radical (unpaired) electrons. The highest BCUT2D eigenvalue weighted by Gasteiger charge is 2.51. The van der Waals surface area contributed by atoms with E-state index in [0.29, 0.717) is 92.2 Å². The Hall–Kier alpha value is -4.94. The first-order valence-corrected chi connectivity index (χ1v) is 23.9. The first-order valence-electron chi connectivity index (χ1n) is 22.0. The van der Waals surface area contributed by atoms with E-state index in [2.05, 4.69) is 14.6 Å². The molecule has 3 aromatic carbocycles. The number of aliphatic hydroxyl groups excluding tert-OH is 1. The zero-order valence-corrected chi connectivity index (χ0v) is 37.7. The van der Waals surface area contributed by atoms with Gasteiger partial charge in [-0.2, -0.15) is 4.98 Å². The normalized spacial score (nSPS) is 22.9. The number of β-amino-alcohol motifs (C(OH)–C–C–N with tert-alkyl or cyclic N) is 1. The maximum atomic E-state index is 14.1. The van der Waals surface area contributed by atoms with Gasteiger partial charge >= 0.3 is 6.36 Å². The highest BCUT2D eigenvalue weighted by atomic mass is 35.5. The minimum absolute atomic E-state index is 0.105. The number of sulfonamides is 1. The van der Waals surface area contributed by atoms with Crippen molar-refractivity contribution in [3.8, 4) is 40.1 Å². The Morgan fingerprint density at radius 1 is 0.969 bits per heavy atom. The number of fused-ring (bicyclic) bond motifs is 3. The Bertz CT molecular complexity index is 2830. The second-order valence-corrected chi connectivity index (χ2v) is 20.9. The number of benzene rings is 3. The summed E-state index contributed by atoms with van der Waals surface area (Å²) in [6.45, 7) is 6.16.